The van der Waals surface area contributed by atoms with Gasteiger partial charge in [0.05, 0.1) is 24.4 Å². The van der Waals surface area contributed by atoms with Crippen LogP contribution in [0.1, 0.15) is 27.1 Å². The molecular weight excluding hydrogens is 474 g/mol. The number of benzene rings is 2. The molecule has 2 aliphatic rings. The Morgan fingerprint density at radius 2 is 2.03 bits per heavy atom. The lowest BCUT2D eigenvalue weighted by molar-refractivity contribution is -0.140. The first-order chi connectivity index (χ1) is 19.5. The van der Waals surface area contributed by atoms with Crippen molar-refractivity contribution in [2.75, 3.05) is 31.8 Å². The molecule has 1 saturated heterocycles. The zero-order valence-corrected chi connectivity index (χ0v) is 20.0. The molecule has 2 aromatic carbocycles. The molecule has 1 fully saturated rings. The van der Waals surface area contributed by atoms with Crippen LogP contribution < -0.4 is 19.7 Å². The molecular formula is C28H25N3O6. The Kier molecular flexibility index (Phi) is 5.30. The second-order valence-corrected chi connectivity index (χ2v) is 8.62. The number of likely N-dealkylation sites (N-methyl/N-ethyl adjacent to an activating group) is 1. The summed E-state index contributed by atoms with van der Waals surface area (Å²) >= 11 is 0. The molecule has 9 nitrogen and oxygen atoms in total. The molecule has 1 atom stereocenters. The number of aliphatic hydroxyl groups is 1. The highest BCUT2D eigenvalue weighted by atomic mass is 16.5. The number of amides is 2. The Balaban J connectivity index is 1.31. The molecule has 0 aliphatic carbocycles. The van der Waals surface area contributed by atoms with E-state index in [1.54, 1.807) is 25.2 Å². The molecule has 0 spiro atoms. The van der Waals surface area contributed by atoms with Gasteiger partial charge in [-0.05, 0) is 43.3 Å². The second kappa shape index (κ2) is 9.93. The van der Waals surface area contributed by atoms with Crippen LogP contribution in [0.4, 0.5) is 5.69 Å². The van der Waals surface area contributed by atoms with Crippen LogP contribution >= 0.6 is 0 Å². The third-order valence-corrected chi connectivity index (χ3v) is 5.69. The lowest BCUT2D eigenvalue weighted by Crippen LogP contribution is -2.49. The summed E-state index contributed by atoms with van der Waals surface area (Å²) < 4.78 is 48.7. The lowest BCUT2D eigenvalue weighted by atomic mass is 10.0. The summed E-state index contributed by atoms with van der Waals surface area (Å²) in [5.74, 6) is 4.72. The summed E-state index contributed by atoms with van der Waals surface area (Å²) in [5, 5.41) is 12.8. The van der Waals surface area contributed by atoms with Crippen molar-refractivity contribution in [1.29, 1.82) is 0 Å². The zero-order valence-electron chi connectivity index (χ0n) is 24.0. The molecule has 2 aliphatic heterocycles. The first-order valence-electron chi connectivity index (χ1n) is 13.4. The summed E-state index contributed by atoms with van der Waals surface area (Å²) in [4.78, 5) is 31.7. The maximum absolute atomic E-state index is 13.2. The number of carbonyl (C=O) groups excluding carboxylic acids is 2. The number of ether oxygens (including phenoxy) is 3. The van der Waals surface area contributed by atoms with E-state index in [1.165, 1.54) is 30.2 Å². The van der Waals surface area contributed by atoms with E-state index < -0.39 is 23.5 Å². The van der Waals surface area contributed by atoms with Gasteiger partial charge >= 0.3 is 0 Å². The third kappa shape index (κ3) is 5.40. The van der Waals surface area contributed by atoms with E-state index in [2.05, 4.69) is 22.1 Å². The molecule has 37 heavy (non-hydrogen) atoms. The van der Waals surface area contributed by atoms with E-state index in [-0.39, 0.29) is 66.7 Å². The molecule has 3 heterocycles. The van der Waals surface area contributed by atoms with Gasteiger partial charge in [0.2, 0.25) is 0 Å². The first-order valence-corrected chi connectivity index (χ1v) is 11.4. The molecule has 2 N–H and O–H groups in total. The molecule has 0 radical (unpaired) electrons. The Labute approximate surface area is 219 Å². The number of pyridine rings is 1. The van der Waals surface area contributed by atoms with E-state index in [0.29, 0.717) is 17.0 Å². The topological polar surface area (TPSA) is 110 Å². The molecule has 0 bridgehead atoms. The predicted octanol–water partition coefficient (Wildman–Crippen LogP) is 2.45. The quantitative estimate of drug-likeness (QED) is 0.527. The predicted molar refractivity (Wildman–Crippen MR) is 135 cm³/mol. The van der Waals surface area contributed by atoms with Gasteiger partial charge < -0.3 is 29.5 Å². The van der Waals surface area contributed by atoms with Gasteiger partial charge in [-0.2, -0.15) is 0 Å². The van der Waals surface area contributed by atoms with Gasteiger partial charge in [0.1, 0.15) is 35.6 Å². The van der Waals surface area contributed by atoms with Gasteiger partial charge in [-0.3, -0.25) is 14.6 Å². The van der Waals surface area contributed by atoms with Crippen LogP contribution in [0.15, 0.2) is 60.7 Å². The average molecular weight is 504 g/mol. The fraction of sp³-hybridized carbons (Fsp3) is 0.250. The van der Waals surface area contributed by atoms with E-state index in [9.17, 15) is 14.7 Å². The second-order valence-electron chi connectivity index (χ2n) is 8.62. The van der Waals surface area contributed by atoms with Gasteiger partial charge in [0.25, 0.3) is 11.8 Å². The lowest BCUT2D eigenvalue weighted by Gasteiger charge is -2.30. The number of aromatic nitrogens is 1. The number of hydrogen-bond acceptors (Lipinski definition) is 7. The normalized spacial score (nSPS) is 19.3. The molecule has 3 aromatic rings. The van der Waals surface area contributed by atoms with Gasteiger partial charge in [0, 0.05) is 24.9 Å². The number of fused-ring (bicyclic) bond motifs is 1. The van der Waals surface area contributed by atoms with Crippen molar-refractivity contribution in [3.05, 3.63) is 77.5 Å². The van der Waals surface area contributed by atoms with Gasteiger partial charge in [-0.15, -0.1) is 0 Å². The smallest absolute Gasteiger partial charge is 0.270 e. The van der Waals surface area contributed by atoms with Crippen LogP contribution in [0.5, 0.6) is 17.2 Å². The largest absolute Gasteiger partial charge is 0.489 e. The fourth-order valence-electron chi connectivity index (χ4n) is 3.60. The molecule has 5 rings (SSSR count). The van der Waals surface area contributed by atoms with Crippen molar-refractivity contribution in [2.24, 2.45) is 0 Å². The number of carbonyl (C=O) groups is 2. The SMILES string of the molecule is [2H]c1c([2H])c(Oc2ccnc(C(=O)N[C@H]3COc4ccc(C#CC5(O)COC5)cc4N(C)C3=O)c2)c([2H])c([2H])c1C. The minimum Gasteiger partial charge on any atom is -0.489 e. The van der Waals surface area contributed by atoms with Gasteiger partial charge in [-0.1, -0.05) is 29.5 Å². The summed E-state index contributed by atoms with van der Waals surface area (Å²) in [6.45, 7) is 1.61. The van der Waals surface area contributed by atoms with Crippen LogP contribution in [0.3, 0.4) is 0 Å². The number of nitrogens with zero attached hydrogens (tertiary/aromatic N) is 2. The van der Waals surface area contributed by atoms with Gasteiger partial charge in [0.15, 0.2) is 5.60 Å². The maximum atomic E-state index is 13.2. The monoisotopic (exact) mass is 503 g/mol. The summed E-state index contributed by atoms with van der Waals surface area (Å²) in [6, 6.07) is 5.49. The Morgan fingerprint density at radius 3 is 2.76 bits per heavy atom. The minimum atomic E-state index is -1.18. The average Bonchev–Trinajstić information content (AvgIpc) is 3.07. The highest BCUT2D eigenvalue weighted by Gasteiger charge is 2.34. The van der Waals surface area contributed by atoms with Crippen molar-refractivity contribution in [3.8, 4) is 29.1 Å². The number of rotatable bonds is 4. The van der Waals surface area contributed by atoms with E-state index in [4.69, 9.17) is 19.7 Å². The molecule has 0 saturated carbocycles. The number of hydrogen-bond donors (Lipinski definition) is 2. The van der Waals surface area contributed by atoms with Crippen LogP contribution in [-0.4, -0.2) is 60.4 Å². The van der Waals surface area contributed by atoms with Crippen LogP contribution in [0.25, 0.3) is 0 Å². The van der Waals surface area contributed by atoms with Crippen LogP contribution in [0, 0.1) is 18.8 Å². The fourth-order valence-corrected chi connectivity index (χ4v) is 3.60. The molecule has 9 heteroatoms. The van der Waals surface area contributed by atoms with E-state index >= 15 is 0 Å². The first kappa shape index (κ1) is 19.8. The third-order valence-electron chi connectivity index (χ3n) is 5.69. The Bertz CT molecular complexity index is 1600. The molecule has 1 aromatic heterocycles. The summed E-state index contributed by atoms with van der Waals surface area (Å²) in [7, 11) is 1.55. The minimum absolute atomic E-state index is 0.0644. The molecule has 0 unspecified atom stereocenters. The number of nitrogens with one attached hydrogen (secondary N) is 1. The highest BCUT2D eigenvalue weighted by molar-refractivity contribution is 6.03. The highest BCUT2D eigenvalue weighted by Crippen LogP contribution is 2.32. The molecule has 2 amide bonds. The van der Waals surface area contributed by atoms with Crippen molar-refractivity contribution < 1.29 is 34.4 Å². The van der Waals surface area contributed by atoms with Crippen molar-refractivity contribution >= 4 is 17.5 Å². The standard InChI is InChI=1S/C28H25N3O6/c1-18-3-6-20(7-4-18)37-21-10-12-29-22(14-21)26(32)30-23-15-36-25-8-5-19(9-11-28(34)16-35-17-28)13-24(25)31(2)27(23)33/h3-8,10,12-14,23,34H,15-17H2,1-2H3,(H,30,32)/t23-/m0/s1/i3D,4D,6D,7D. The summed E-state index contributed by atoms with van der Waals surface area (Å²) in [6.07, 6.45) is 1.29. The van der Waals surface area contributed by atoms with E-state index in [1.807, 2.05) is 0 Å². The van der Waals surface area contributed by atoms with Crippen molar-refractivity contribution in [1.82, 2.24) is 10.3 Å². The zero-order chi connectivity index (χ0) is 29.5. The van der Waals surface area contributed by atoms with Crippen LogP contribution in [0.2, 0.25) is 0 Å². The van der Waals surface area contributed by atoms with Crippen LogP contribution in [-0.2, 0) is 9.53 Å². The Morgan fingerprint density at radius 1 is 1.24 bits per heavy atom. The Hall–Kier alpha value is -4.39. The number of anilines is 1. The van der Waals surface area contributed by atoms with Crippen molar-refractivity contribution in [3.63, 3.8) is 0 Å². The van der Waals surface area contributed by atoms with E-state index in [0.717, 1.165) is 0 Å². The summed E-state index contributed by atoms with van der Waals surface area (Å²) in [5.41, 5.74) is -0.0828. The maximum Gasteiger partial charge on any atom is 0.270 e. The molecule has 188 valence electrons. The van der Waals surface area contributed by atoms with Gasteiger partial charge in [-0.25, -0.2) is 0 Å². The van der Waals surface area contributed by atoms with Crippen molar-refractivity contribution in [2.45, 2.75) is 18.6 Å².